The van der Waals surface area contributed by atoms with E-state index in [2.05, 4.69) is 10.1 Å². The molecular formula is C15H16N4O2. The molecule has 0 radical (unpaired) electrons. The van der Waals surface area contributed by atoms with Gasteiger partial charge in [-0.1, -0.05) is 5.16 Å². The van der Waals surface area contributed by atoms with Gasteiger partial charge < -0.3 is 15.8 Å². The number of hydrogen-bond acceptors (Lipinski definition) is 4. The number of aryl methyl sites for hydroxylation is 1. The summed E-state index contributed by atoms with van der Waals surface area (Å²) in [7, 11) is 1.68. The molecule has 21 heavy (non-hydrogen) atoms. The number of nitrogens with zero attached hydrogens (tertiary/aromatic N) is 3. The predicted molar refractivity (Wildman–Crippen MR) is 80.7 cm³/mol. The lowest BCUT2D eigenvalue weighted by atomic mass is 10.1. The van der Waals surface area contributed by atoms with Crippen molar-refractivity contribution in [2.45, 2.75) is 6.92 Å². The number of hydrogen-bond donors (Lipinski definition) is 2. The normalized spacial score (nSPS) is 11.2. The molecule has 6 nitrogen and oxygen atoms in total. The number of carbonyl (C=O) groups is 1. The number of oxime groups is 1. The quantitative estimate of drug-likeness (QED) is 0.389. The summed E-state index contributed by atoms with van der Waals surface area (Å²) < 4.78 is 0. The van der Waals surface area contributed by atoms with Gasteiger partial charge in [-0.2, -0.15) is 0 Å². The zero-order valence-electron chi connectivity index (χ0n) is 11.8. The summed E-state index contributed by atoms with van der Waals surface area (Å²) in [5.41, 5.74) is 8.16. The van der Waals surface area contributed by atoms with Gasteiger partial charge >= 0.3 is 0 Å². The Bertz CT molecular complexity index is 663. The summed E-state index contributed by atoms with van der Waals surface area (Å²) in [6.45, 7) is 1.86. The van der Waals surface area contributed by atoms with E-state index in [1.165, 1.54) is 4.90 Å². The van der Waals surface area contributed by atoms with E-state index in [1.807, 2.05) is 6.92 Å². The standard InChI is InChI=1S/C15H16N4O2/c1-10-3-4-12(9-17-10)15(20)19(2)13-7-5-11(6-8-13)14(16)18-21/h3-9,21H,1-2H3,(H2,16,18). The molecule has 0 aliphatic heterocycles. The van der Waals surface area contributed by atoms with Crippen LogP contribution in [0.4, 0.5) is 5.69 Å². The molecule has 3 N–H and O–H groups in total. The van der Waals surface area contributed by atoms with Crippen LogP contribution in [0.15, 0.2) is 47.8 Å². The van der Waals surface area contributed by atoms with E-state index in [9.17, 15) is 4.79 Å². The average Bonchev–Trinajstić information content (AvgIpc) is 2.53. The molecule has 2 aromatic rings. The number of carbonyl (C=O) groups excluding carboxylic acids is 1. The third kappa shape index (κ3) is 3.17. The minimum Gasteiger partial charge on any atom is -0.409 e. The molecule has 0 aliphatic carbocycles. The zero-order chi connectivity index (χ0) is 15.4. The Labute approximate surface area is 122 Å². The van der Waals surface area contributed by atoms with E-state index in [4.69, 9.17) is 10.9 Å². The highest BCUT2D eigenvalue weighted by molar-refractivity contribution is 6.06. The van der Waals surface area contributed by atoms with E-state index in [-0.39, 0.29) is 11.7 Å². The van der Waals surface area contributed by atoms with Crippen LogP contribution in [-0.4, -0.2) is 29.0 Å². The lowest BCUT2D eigenvalue weighted by Gasteiger charge is -2.17. The summed E-state index contributed by atoms with van der Waals surface area (Å²) >= 11 is 0. The number of anilines is 1. The van der Waals surface area contributed by atoms with Gasteiger partial charge in [0.15, 0.2) is 5.84 Å². The number of nitrogens with two attached hydrogens (primary N) is 1. The summed E-state index contributed by atoms with van der Waals surface area (Å²) in [5, 5.41) is 11.5. The Morgan fingerprint density at radius 3 is 2.33 bits per heavy atom. The van der Waals surface area contributed by atoms with Gasteiger partial charge in [-0.05, 0) is 43.3 Å². The lowest BCUT2D eigenvalue weighted by Crippen LogP contribution is -2.26. The van der Waals surface area contributed by atoms with Crippen molar-refractivity contribution in [3.8, 4) is 0 Å². The highest BCUT2D eigenvalue weighted by Crippen LogP contribution is 2.16. The second-order valence-corrected chi connectivity index (χ2v) is 4.58. The molecular weight excluding hydrogens is 268 g/mol. The van der Waals surface area contributed by atoms with Crippen molar-refractivity contribution in [1.82, 2.24) is 4.98 Å². The van der Waals surface area contributed by atoms with Crippen LogP contribution in [-0.2, 0) is 0 Å². The number of amides is 1. The van der Waals surface area contributed by atoms with Gasteiger partial charge in [0, 0.05) is 30.2 Å². The molecule has 0 spiro atoms. The predicted octanol–water partition coefficient (Wildman–Crippen LogP) is 1.76. The maximum Gasteiger partial charge on any atom is 0.259 e. The number of benzene rings is 1. The van der Waals surface area contributed by atoms with Gasteiger partial charge in [0.1, 0.15) is 0 Å². The molecule has 1 amide bonds. The van der Waals surface area contributed by atoms with Gasteiger partial charge in [-0.3, -0.25) is 9.78 Å². The summed E-state index contributed by atoms with van der Waals surface area (Å²) in [4.78, 5) is 18.0. The van der Waals surface area contributed by atoms with Crippen LogP contribution in [0, 0.1) is 6.92 Å². The van der Waals surface area contributed by atoms with Crippen molar-refractivity contribution < 1.29 is 10.0 Å². The molecule has 6 heteroatoms. The van der Waals surface area contributed by atoms with E-state index in [0.29, 0.717) is 16.8 Å². The maximum atomic E-state index is 12.3. The maximum absolute atomic E-state index is 12.3. The third-order valence-corrected chi connectivity index (χ3v) is 3.12. The Balaban J connectivity index is 2.21. The second-order valence-electron chi connectivity index (χ2n) is 4.58. The number of amidine groups is 1. The summed E-state index contributed by atoms with van der Waals surface area (Å²) in [6, 6.07) is 10.4. The molecule has 108 valence electrons. The topological polar surface area (TPSA) is 91.8 Å². The van der Waals surface area contributed by atoms with Crippen LogP contribution < -0.4 is 10.6 Å². The Hall–Kier alpha value is -2.89. The van der Waals surface area contributed by atoms with Crippen molar-refractivity contribution >= 4 is 17.4 Å². The van der Waals surface area contributed by atoms with Crippen molar-refractivity contribution in [3.05, 3.63) is 59.4 Å². The Morgan fingerprint density at radius 2 is 1.81 bits per heavy atom. The van der Waals surface area contributed by atoms with Gasteiger partial charge in [-0.15, -0.1) is 0 Å². The second kappa shape index (κ2) is 6.04. The summed E-state index contributed by atoms with van der Waals surface area (Å²) in [5.74, 6) is -0.127. The zero-order valence-corrected chi connectivity index (χ0v) is 11.8. The molecule has 1 heterocycles. The van der Waals surface area contributed by atoms with Crippen LogP contribution >= 0.6 is 0 Å². The smallest absolute Gasteiger partial charge is 0.259 e. The molecule has 1 aromatic carbocycles. The molecule has 0 aliphatic rings. The first-order valence-corrected chi connectivity index (χ1v) is 6.31. The van der Waals surface area contributed by atoms with Crippen LogP contribution in [0.1, 0.15) is 21.6 Å². The van der Waals surface area contributed by atoms with E-state index in [0.717, 1.165) is 5.69 Å². The highest BCUT2D eigenvalue weighted by atomic mass is 16.4. The van der Waals surface area contributed by atoms with E-state index >= 15 is 0 Å². The van der Waals surface area contributed by atoms with Gasteiger partial charge in [0.2, 0.25) is 0 Å². The Kier molecular flexibility index (Phi) is 4.18. The molecule has 0 fully saturated rings. The molecule has 0 atom stereocenters. The first-order chi connectivity index (χ1) is 10.0. The fourth-order valence-electron chi connectivity index (χ4n) is 1.82. The SMILES string of the molecule is Cc1ccc(C(=O)N(C)c2ccc(C(N)=NO)cc2)cn1. The van der Waals surface area contributed by atoms with Crippen LogP contribution in [0.5, 0.6) is 0 Å². The highest BCUT2D eigenvalue weighted by Gasteiger charge is 2.13. The Morgan fingerprint density at radius 1 is 1.19 bits per heavy atom. The minimum absolute atomic E-state index is 0.0262. The molecule has 0 unspecified atom stereocenters. The fourth-order valence-corrected chi connectivity index (χ4v) is 1.82. The average molecular weight is 284 g/mol. The first kappa shape index (κ1) is 14.5. The summed E-state index contributed by atoms with van der Waals surface area (Å²) in [6.07, 6.45) is 1.55. The first-order valence-electron chi connectivity index (χ1n) is 6.31. The number of rotatable bonds is 3. The molecule has 2 rings (SSSR count). The van der Waals surface area contributed by atoms with E-state index < -0.39 is 0 Å². The molecule has 1 aromatic heterocycles. The van der Waals surface area contributed by atoms with Crippen molar-refractivity contribution in [3.63, 3.8) is 0 Å². The number of pyridine rings is 1. The van der Waals surface area contributed by atoms with Gasteiger partial charge in [0.25, 0.3) is 5.91 Å². The molecule has 0 saturated carbocycles. The van der Waals surface area contributed by atoms with Crippen molar-refractivity contribution in [1.29, 1.82) is 0 Å². The largest absolute Gasteiger partial charge is 0.409 e. The molecule has 0 saturated heterocycles. The van der Waals surface area contributed by atoms with Crippen molar-refractivity contribution in [2.24, 2.45) is 10.9 Å². The molecule has 0 bridgehead atoms. The van der Waals surface area contributed by atoms with Crippen LogP contribution in [0.25, 0.3) is 0 Å². The van der Waals surface area contributed by atoms with E-state index in [1.54, 1.807) is 49.6 Å². The fraction of sp³-hybridized carbons (Fsp3) is 0.133. The van der Waals surface area contributed by atoms with Gasteiger partial charge in [0.05, 0.1) is 5.56 Å². The van der Waals surface area contributed by atoms with Crippen molar-refractivity contribution in [2.75, 3.05) is 11.9 Å². The van der Waals surface area contributed by atoms with Gasteiger partial charge in [-0.25, -0.2) is 0 Å². The monoisotopic (exact) mass is 284 g/mol. The third-order valence-electron chi connectivity index (χ3n) is 3.12. The van der Waals surface area contributed by atoms with Crippen LogP contribution in [0.3, 0.4) is 0 Å². The minimum atomic E-state index is -0.154. The lowest BCUT2D eigenvalue weighted by molar-refractivity contribution is 0.0992. The van der Waals surface area contributed by atoms with Crippen LogP contribution in [0.2, 0.25) is 0 Å². The number of aromatic nitrogens is 1.